The second-order valence-electron chi connectivity index (χ2n) is 7.41. The minimum Gasteiger partial charge on any atom is -0.488 e. The molecule has 4 nitrogen and oxygen atoms in total. The normalized spacial score (nSPS) is 10.8. The third kappa shape index (κ3) is 4.42. The number of aryl methyl sites for hydroxylation is 2. The average molecular weight is 476 g/mol. The Bertz CT molecular complexity index is 1250. The molecule has 1 N–H and O–H groups in total. The van der Waals surface area contributed by atoms with Gasteiger partial charge in [0.1, 0.15) is 12.4 Å². The standard InChI is InChI=1S/C26H22BrNO3/c1-17-8-11-21(15-22(17)26(29)30)28-18(2)9-12-24(28)23-14-20(27)10-13-25(23)31-16-19-6-4-3-5-7-19/h3-15H,16H2,1-2H3,(H,29,30). The first kappa shape index (κ1) is 20.9. The molecule has 4 aromatic rings. The van der Waals surface area contributed by atoms with Gasteiger partial charge in [-0.2, -0.15) is 0 Å². The maximum absolute atomic E-state index is 11.7. The van der Waals surface area contributed by atoms with Gasteiger partial charge in [0, 0.05) is 21.4 Å². The number of nitrogens with zero attached hydrogens (tertiary/aromatic N) is 1. The first-order chi connectivity index (χ1) is 14.9. The number of carboxylic acid groups (broad SMARTS) is 1. The third-order valence-corrected chi connectivity index (χ3v) is 5.73. The highest BCUT2D eigenvalue weighted by molar-refractivity contribution is 9.10. The van der Waals surface area contributed by atoms with Gasteiger partial charge < -0.3 is 14.4 Å². The van der Waals surface area contributed by atoms with Crippen LogP contribution in [0.5, 0.6) is 5.75 Å². The molecule has 1 heterocycles. The molecule has 0 radical (unpaired) electrons. The van der Waals surface area contributed by atoms with E-state index in [0.29, 0.717) is 12.2 Å². The van der Waals surface area contributed by atoms with Crippen LogP contribution in [-0.2, 0) is 6.61 Å². The van der Waals surface area contributed by atoms with Gasteiger partial charge in [0.2, 0.25) is 0 Å². The van der Waals surface area contributed by atoms with Crippen molar-refractivity contribution in [2.24, 2.45) is 0 Å². The van der Waals surface area contributed by atoms with Crippen LogP contribution >= 0.6 is 15.9 Å². The summed E-state index contributed by atoms with van der Waals surface area (Å²) in [4.78, 5) is 11.7. The minimum atomic E-state index is -0.931. The van der Waals surface area contributed by atoms with E-state index in [1.165, 1.54) is 0 Å². The second kappa shape index (κ2) is 8.82. The van der Waals surface area contributed by atoms with Crippen LogP contribution in [0.15, 0.2) is 83.3 Å². The molecule has 0 fully saturated rings. The van der Waals surface area contributed by atoms with Crippen LogP contribution in [0.2, 0.25) is 0 Å². The third-order valence-electron chi connectivity index (χ3n) is 5.24. The molecule has 0 spiro atoms. The van der Waals surface area contributed by atoms with E-state index in [4.69, 9.17) is 4.74 Å². The van der Waals surface area contributed by atoms with Gasteiger partial charge >= 0.3 is 5.97 Å². The van der Waals surface area contributed by atoms with Gasteiger partial charge in [0.05, 0.1) is 11.3 Å². The number of benzene rings is 3. The minimum absolute atomic E-state index is 0.298. The Kier molecular flexibility index (Phi) is 5.96. The van der Waals surface area contributed by atoms with Crippen LogP contribution in [-0.4, -0.2) is 15.6 Å². The number of hydrogen-bond acceptors (Lipinski definition) is 2. The molecule has 4 rings (SSSR count). The van der Waals surface area contributed by atoms with E-state index in [0.717, 1.165) is 44.0 Å². The van der Waals surface area contributed by atoms with Gasteiger partial charge in [-0.15, -0.1) is 0 Å². The zero-order chi connectivity index (χ0) is 22.0. The lowest BCUT2D eigenvalue weighted by Crippen LogP contribution is -2.05. The Morgan fingerprint density at radius 2 is 1.74 bits per heavy atom. The Morgan fingerprint density at radius 1 is 0.968 bits per heavy atom. The van der Waals surface area contributed by atoms with Crippen LogP contribution in [0.3, 0.4) is 0 Å². The first-order valence-electron chi connectivity index (χ1n) is 9.93. The lowest BCUT2D eigenvalue weighted by Gasteiger charge is -2.17. The summed E-state index contributed by atoms with van der Waals surface area (Å²) >= 11 is 3.57. The van der Waals surface area contributed by atoms with E-state index in [-0.39, 0.29) is 0 Å². The van der Waals surface area contributed by atoms with E-state index in [1.807, 2.05) is 79.7 Å². The monoisotopic (exact) mass is 475 g/mol. The summed E-state index contributed by atoms with van der Waals surface area (Å²) < 4.78 is 9.18. The SMILES string of the molecule is Cc1ccc(-n2c(C)ccc2-c2cc(Br)ccc2OCc2ccccc2)cc1C(=O)O. The first-order valence-corrected chi connectivity index (χ1v) is 10.7. The van der Waals surface area contributed by atoms with Crippen molar-refractivity contribution in [1.82, 2.24) is 4.57 Å². The topological polar surface area (TPSA) is 51.5 Å². The average Bonchev–Trinajstić information content (AvgIpc) is 3.15. The molecule has 1 aromatic heterocycles. The number of halogens is 1. The van der Waals surface area contributed by atoms with Gasteiger partial charge in [0.25, 0.3) is 0 Å². The molecule has 0 saturated heterocycles. The fraction of sp³-hybridized carbons (Fsp3) is 0.115. The highest BCUT2D eigenvalue weighted by atomic mass is 79.9. The Morgan fingerprint density at radius 3 is 2.48 bits per heavy atom. The predicted molar refractivity (Wildman–Crippen MR) is 126 cm³/mol. The fourth-order valence-corrected chi connectivity index (χ4v) is 4.00. The Hall–Kier alpha value is -3.31. The van der Waals surface area contributed by atoms with Crippen LogP contribution in [0.25, 0.3) is 16.9 Å². The van der Waals surface area contributed by atoms with Crippen molar-refractivity contribution in [3.63, 3.8) is 0 Å². The molecule has 5 heteroatoms. The largest absolute Gasteiger partial charge is 0.488 e. The number of ether oxygens (including phenoxy) is 1. The van der Waals surface area contributed by atoms with E-state index in [9.17, 15) is 9.90 Å². The van der Waals surface area contributed by atoms with Crippen molar-refractivity contribution in [3.05, 3.63) is 106 Å². The van der Waals surface area contributed by atoms with Crippen molar-refractivity contribution in [1.29, 1.82) is 0 Å². The smallest absolute Gasteiger partial charge is 0.336 e. The number of aromatic carboxylic acids is 1. The van der Waals surface area contributed by atoms with Gasteiger partial charge in [-0.25, -0.2) is 4.79 Å². The quantitative estimate of drug-likeness (QED) is 0.333. The van der Waals surface area contributed by atoms with Crippen molar-refractivity contribution in [2.45, 2.75) is 20.5 Å². The second-order valence-corrected chi connectivity index (χ2v) is 8.33. The highest BCUT2D eigenvalue weighted by Crippen LogP contribution is 2.36. The molecule has 0 bridgehead atoms. The van der Waals surface area contributed by atoms with Gasteiger partial charge in [0.15, 0.2) is 0 Å². The van der Waals surface area contributed by atoms with Crippen LogP contribution in [0, 0.1) is 13.8 Å². The molecule has 0 aliphatic carbocycles. The molecule has 31 heavy (non-hydrogen) atoms. The van der Waals surface area contributed by atoms with Gasteiger partial charge in [-0.3, -0.25) is 0 Å². The Balaban J connectivity index is 1.79. The zero-order valence-corrected chi connectivity index (χ0v) is 18.9. The number of rotatable bonds is 6. The van der Waals surface area contributed by atoms with Gasteiger partial charge in [-0.05, 0) is 67.4 Å². The van der Waals surface area contributed by atoms with Crippen molar-refractivity contribution in [2.75, 3.05) is 0 Å². The fourth-order valence-electron chi connectivity index (χ4n) is 3.63. The molecule has 0 aliphatic rings. The summed E-state index contributed by atoms with van der Waals surface area (Å²) in [5.74, 6) is -0.169. The van der Waals surface area contributed by atoms with Crippen molar-refractivity contribution < 1.29 is 14.6 Å². The lowest BCUT2D eigenvalue weighted by molar-refractivity contribution is 0.0696. The number of hydrogen-bond donors (Lipinski definition) is 1. The van der Waals surface area contributed by atoms with Gasteiger partial charge in [-0.1, -0.05) is 52.3 Å². The number of carbonyl (C=O) groups is 1. The molecule has 0 atom stereocenters. The molecule has 156 valence electrons. The van der Waals surface area contributed by atoms with E-state index >= 15 is 0 Å². The van der Waals surface area contributed by atoms with E-state index in [2.05, 4.69) is 20.5 Å². The molecule has 3 aromatic carbocycles. The van der Waals surface area contributed by atoms with Crippen LogP contribution < -0.4 is 4.74 Å². The summed E-state index contributed by atoms with van der Waals surface area (Å²) in [6.45, 7) is 4.27. The summed E-state index contributed by atoms with van der Waals surface area (Å²) in [6.07, 6.45) is 0. The molecule has 0 aliphatic heterocycles. The maximum Gasteiger partial charge on any atom is 0.336 e. The molecule has 0 saturated carbocycles. The summed E-state index contributed by atoms with van der Waals surface area (Å²) in [6, 6.07) is 25.5. The Labute approximate surface area is 189 Å². The predicted octanol–water partition coefficient (Wildman–Crippen LogP) is 6.80. The number of carboxylic acids is 1. The van der Waals surface area contributed by atoms with Crippen molar-refractivity contribution in [3.8, 4) is 22.7 Å². The summed E-state index contributed by atoms with van der Waals surface area (Å²) in [5.41, 5.74) is 5.78. The van der Waals surface area contributed by atoms with E-state index < -0.39 is 5.97 Å². The zero-order valence-electron chi connectivity index (χ0n) is 17.3. The molecule has 0 unspecified atom stereocenters. The van der Waals surface area contributed by atoms with Crippen LogP contribution in [0.1, 0.15) is 27.2 Å². The maximum atomic E-state index is 11.7. The molecular formula is C26H22BrNO3. The van der Waals surface area contributed by atoms with Crippen molar-refractivity contribution >= 4 is 21.9 Å². The number of aromatic nitrogens is 1. The summed E-state index contributed by atoms with van der Waals surface area (Å²) in [7, 11) is 0. The van der Waals surface area contributed by atoms with E-state index in [1.54, 1.807) is 13.0 Å². The summed E-state index contributed by atoms with van der Waals surface area (Å²) in [5, 5.41) is 9.57. The van der Waals surface area contributed by atoms with Crippen LogP contribution in [0.4, 0.5) is 0 Å². The molecule has 0 amide bonds. The molecular weight excluding hydrogens is 454 g/mol. The highest BCUT2D eigenvalue weighted by Gasteiger charge is 2.17. The lowest BCUT2D eigenvalue weighted by atomic mass is 10.1.